The Kier molecular flexibility index (Phi) is 13.3. The molecule has 298 valence electrons. The van der Waals surface area contributed by atoms with Crippen LogP contribution in [0.1, 0.15) is 6.42 Å². The summed E-state index contributed by atoms with van der Waals surface area (Å²) >= 11 is 0. The predicted molar refractivity (Wildman–Crippen MR) is 170 cm³/mol. The maximum Gasteiger partial charge on any atom is 0.470 e. The summed E-state index contributed by atoms with van der Waals surface area (Å²) in [6.07, 6.45) is 0.0440. The first-order valence-corrected chi connectivity index (χ1v) is 25.7. The van der Waals surface area contributed by atoms with E-state index < -0.39 is 162 Å². The Morgan fingerprint density at radius 3 is 0.907 bits per heavy atom. The van der Waals surface area contributed by atoms with Crippen LogP contribution in [0.3, 0.4) is 0 Å². The Bertz CT molecular complexity index is 1720. The van der Waals surface area contributed by atoms with E-state index in [2.05, 4.69) is 6.58 Å². The molecular formula is C30H27F15O5Si4. The van der Waals surface area contributed by atoms with Gasteiger partial charge in [0.05, 0.1) is 6.61 Å². The lowest BCUT2D eigenvalue weighted by Gasteiger charge is -2.45. The molecule has 0 saturated carbocycles. The van der Waals surface area contributed by atoms with Crippen molar-refractivity contribution in [2.75, 3.05) is 6.61 Å². The van der Waals surface area contributed by atoms with Gasteiger partial charge >= 0.3 is 14.8 Å². The highest BCUT2D eigenvalue weighted by atomic mass is 28.5. The van der Waals surface area contributed by atoms with Gasteiger partial charge in [-0.2, -0.15) is 0 Å². The Hall–Kier alpha value is -3.43. The number of hydrogen-bond acceptors (Lipinski definition) is 5. The number of benzene rings is 3. The Morgan fingerprint density at radius 1 is 0.463 bits per heavy atom. The summed E-state index contributed by atoms with van der Waals surface area (Å²) in [4.78, 5) is 11.7. The number of halogens is 15. The van der Waals surface area contributed by atoms with E-state index in [0.717, 1.165) is 39.3 Å². The molecule has 3 rings (SSSR count). The van der Waals surface area contributed by atoms with E-state index in [-0.39, 0.29) is 0 Å². The number of carbonyl (C=O) groups excluding carboxylic acids is 1. The molecule has 3 aromatic carbocycles. The molecule has 0 amide bonds. The maximum atomic E-state index is 15.3. The lowest BCUT2D eigenvalue weighted by atomic mass is 10.3. The molecule has 0 aromatic heterocycles. The molecule has 0 atom stereocenters. The molecule has 0 aliphatic rings. The SMILES string of the molecule is C=CC(=O)OCCC[Si](O[Si](C)(C)c1c(F)c(F)c(F)c(F)c1F)(O[Si](C)(C)c1c(F)c(F)c(F)c(F)c1F)O[Si](C)(C)c1c(F)c(F)c(F)c(F)c1F. The first kappa shape index (κ1) is 45.0. The molecular weight excluding hydrogens is 838 g/mol. The van der Waals surface area contributed by atoms with Crippen LogP contribution in [0, 0.1) is 87.3 Å². The van der Waals surface area contributed by atoms with Crippen molar-refractivity contribution < 1.29 is 87.7 Å². The monoisotopic (exact) mass is 864 g/mol. The third-order valence-electron chi connectivity index (χ3n) is 7.71. The van der Waals surface area contributed by atoms with Gasteiger partial charge in [-0.15, -0.1) is 0 Å². The number of carbonyl (C=O) groups is 1. The highest BCUT2D eigenvalue weighted by Gasteiger charge is 2.57. The lowest BCUT2D eigenvalue weighted by Crippen LogP contribution is -2.69. The van der Waals surface area contributed by atoms with Gasteiger partial charge in [-0.25, -0.2) is 70.7 Å². The average molecular weight is 865 g/mol. The zero-order valence-electron chi connectivity index (χ0n) is 28.6. The van der Waals surface area contributed by atoms with Crippen LogP contribution < -0.4 is 15.6 Å². The van der Waals surface area contributed by atoms with Crippen molar-refractivity contribution in [1.82, 2.24) is 0 Å². The molecule has 0 unspecified atom stereocenters. The predicted octanol–water partition coefficient (Wildman–Crippen LogP) is 7.52. The number of hydrogen-bond donors (Lipinski definition) is 0. The minimum atomic E-state index is -5.66. The van der Waals surface area contributed by atoms with E-state index in [1.165, 1.54) is 0 Å². The molecule has 0 aliphatic carbocycles. The minimum Gasteiger partial charge on any atom is -0.463 e. The summed E-state index contributed by atoms with van der Waals surface area (Å²) in [7, 11) is -20.5. The summed E-state index contributed by atoms with van der Waals surface area (Å²) in [5, 5.41) is -4.90. The van der Waals surface area contributed by atoms with Crippen LogP contribution in [-0.4, -0.2) is 46.3 Å². The molecule has 0 bridgehead atoms. The molecule has 54 heavy (non-hydrogen) atoms. The first-order chi connectivity index (χ1) is 24.6. The molecule has 3 aromatic rings. The molecule has 0 aliphatic heterocycles. The molecule has 0 N–H and O–H groups in total. The van der Waals surface area contributed by atoms with Crippen molar-refractivity contribution in [3.63, 3.8) is 0 Å². The van der Waals surface area contributed by atoms with E-state index in [1.54, 1.807) is 0 Å². The van der Waals surface area contributed by atoms with E-state index >= 15 is 26.3 Å². The highest BCUT2D eigenvalue weighted by Crippen LogP contribution is 2.34. The fourth-order valence-corrected chi connectivity index (χ4v) is 23.3. The highest BCUT2D eigenvalue weighted by molar-refractivity contribution is 6.99. The van der Waals surface area contributed by atoms with Gasteiger partial charge in [0, 0.05) is 27.7 Å². The first-order valence-electron chi connectivity index (χ1n) is 15.1. The van der Waals surface area contributed by atoms with E-state index in [4.69, 9.17) is 17.1 Å². The van der Waals surface area contributed by atoms with E-state index in [0.29, 0.717) is 6.08 Å². The largest absolute Gasteiger partial charge is 0.470 e. The summed E-state index contributed by atoms with van der Waals surface area (Å²) in [5.41, 5.74) is 0. The molecule has 0 radical (unpaired) electrons. The van der Waals surface area contributed by atoms with Crippen molar-refractivity contribution in [2.45, 2.75) is 51.7 Å². The van der Waals surface area contributed by atoms with Crippen LogP contribution in [0.2, 0.25) is 45.3 Å². The van der Waals surface area contributed by atoms with Gasteiger partial charge in [-0.1, -0.05) is 6.58 Å². The summed E-state index contributed by atoms with van der Waals surface area (Å²) < 4.78 is 243. The summed E-state index contributed by atoms with van der Waals surface area (Å²) in [5.74, 6) is -38.6. The van der Waals surface area contributed by atoms with Gasteiger partial charge in [0.25, 0.3) is 0 Å². The second-order valence-electron chi connectivity index (χ2n) is 12.8. The van der Waals surface area contributed by atoms with Crippen molar-refractivity contribution in [3.05, 3.63) is 99.9 Å². The zero-order chi connectivity index (χ0) is 41.6. The number of ether oxygens (including phenoxy) is 1. The molecule has 0 saturated heterocycles. The maximum absolute atomic E-state index is 15.3. The Balaban J connectivity index is 2.47. The van der Waals surface area contributed by atoms with Gasteiger partial charge in [-0.3, -0.25) is 0 Å². The van der Waals surface area contributed by atoms with E-state index in [1.807, 2.05) is 0 Å². The number of esters is 1. The van der Waals surface area contributed by atoms with Crippen LogP contribution in [-0.2, 0) is 21.9 Å². The van der Waals surface area contributed by atoms with Gasteiger partial charge in [0.1, 0.15) is 0 Å². The lowest BCUT2D eigenvalue weighted by molar-refractivity contribution is -0.137. The molecule has 24 heteroatoms. The number of rotatable bonds is 14. The van der Waals surface area contributed by atoms with Gasteiger partial charge in [0.15, 0.2) is 69.8 Å². The second kappa shape index (κ2) is 16.0. The fourth-order valence-electron chi connectivity index (χ4n) is 5.46. The Labute approximate surface area is 301 Å². The van der Waals surface area contributed by atoms with E-state index in [9.17, 15) is 44.3 Å². The molecule has 0 fully saturated rings. The van der Waals surface area contributed by atoms with Crippen LogP contribution in [0.4, 0.5) is 65.9 Å². The summed E-state index contributed by atoms with van der Waals surface area (Å²) in [6, 6.07) is -0.985. The van der Waals surface area contributed by atoms with Gasteiger partial charge < -0.3 is 17.1 Å². The van der Waals surface area contributed by atoms with Crippen molar-refractivity contribution in [1.29, 1.82) is 0 Å². The molecule has 0 spiro atoms. The normalized spacial score (nSPS) is 12.8. The average Bonchev–Trinajstić information content (AvgIpc) is 3.07. The zero-order valence-corrected chi connectivity index (χ0v) is 32.6. The van der Waals surface area contributed by atoms with Crippen LogP contribution in [0.15, 0.2) is 12.7 Å². The topological polar surface area (TPSA) is 54.0 Å². The minimum absolute atomic E-state index is 0.628. The van der Waals surface area contributed by atoms with Crippen LogP contribution in [0.5, 0.6) is 0 Å². The van der Waals surface area contributed by atoms with Crippen molar-refractivity contribution in [2.24, 2.45) is 0 Å². The third kappa shape index (κ3) is 8.37. The van der Waals surface area contributed by atoms with Crippen LogP contribution in [0.25, 0.3) is 0 Å². The fraction of sp³-hybridized carbons (Fsp3) is 0.300. The van der Waals surface area contributed by atoms with Crippen molar-refractivity contribution in [3.8, 4) is 0 Å². The summed E-state index contributed by atoms with van der Waals surface area (Å²) in [6.45, 7) is 7.00. The standard InChI is InChI=1S/C30H27F15O5Si4/c1-8-12(46)47-10-9-11-54(48-51(2,3)28-22(40)16(34)13(31)17(35)23(28)41,49-52(4,5)29-24(42)18(36)14(32)19(37)25(29)43)50-53(6,7)30-26(44)20(38)15(33)21(39)27(30)45/h8H,1,9-11H2,2-7H3. The third-order valence-corrected chi connectivity index (χ3v) is 23.5. The molecule has 0 heterocycles. The van der Waals surface area contributed by atoms with Crippen LogP contribution >= 0.6 is 0 Å². The van der Waals surface area contributed by atoms with Crippen molar-refractivity contribution >= 4 is 55.3 Å². The second-order valence-corrected chi connectivity index (χ2v) is 27.7. The smallest absolute Gasteiger partial charge is 0.463 e. The van der Waals surface area contributed by atoms with Gasteiger partial charge in [-0.05, 0) is 45.7 Å². The van der Waals surface area contributed by atoms with Gasteiger partial charge in [0.2, 0.25) is 42.4 Å². The Morgan fingerprint density at radius 2 is 0.685 bits per heavy atom. The molecule has 5 nitrogen and oxygen atoms in total. The quantitative estimate of drug-likeness (QED) is 0.0320.